The first kappa shape index (κ1) is 15.9. The normalized spacial score (nSPS) is 16.0. The van der Waals surface area contributed by atoms with Crippen LogP contribution in [0.4, 0.5) is 5.69 Å². The quantitative estimate of drug-likeness (QED) is 0.835. The number of halogens is 1. The number of rotatable bonds is 4. The number of nitrogen functional groups attached to an aromatic ring is 1. The van der Waals surface area contributed by atoms with Crippen molar-refractivity contribution in [3.8, 4) is 5.75 Å². The van der Waals surface area contributed by atoms with Crippen molar-refractivity contribution in [3.05, 3.63) is 22.7 Å². The SMILES string of the molecule is CNCC1CCN(C(=O)c2cc(Cl)c(N)cc2OC)CC1. The smallest absolute Gasteiger partial charge is 0.257 e. The summed E-state index contributed by atoms with van der Waals surface area (Å²) in [5.41, 5.74) is 6.64. The molecule has 3 N–H and O–H groups in total. The number of nitrogens with zero attached hydrogens (tertiary/aromatic N) is 1. The van der Waals surface area contributed by atoms with Crippen LogP contribution in [-0.4, -0.2) is 44.6 Å². The molecule has 1 aliphatic rings. The fraction of sp³-hybridized carbons (Fsp3) is 0.533. The third-order valence-electron chi connectivity index (χ3n) is 3.94. The average Bonchev–Trinajstić information content (AvgIpc) is 2.50. The zero-order valence-electron chi connectivity index (χ0n) is 12.5. The fourth-order valence-electron chi connectivity index (χ4n) is 2.70. The van der Waals surface area contributed by atoms with Crippen LogP contribution in [-0.2, 0) is 0 Å². The largest absolute Gasteiger partial charge is 0.496 e. The van der Waals surface area contributed by atoms with E-state index in [4.69, 9.17) is 22.1 Å². The maximum absolute atomic E-state index is 12.6. The number of carbonyl (C=O) groups excluding carboxylic acids is 1. The minimum absolute atomic E-state index is 0.0448. The van der Waals surface area contributed by atoms with Crippen LogP contribution in [0.15, 0.2) is 12.1 Å². The van der Waals surface area contributed by atoms with Crippen LogP contribution in [0.1, 0.15) is 23.2 Å². The molecule has 21 heavy (non-hydrogen) atoms. The minimum Gasteiger partial charge on any atom is -0.496 e. The monoisotopic (exact) mass is 311 g/mol. The Balaban J connectivity index is 2.12. The highest BCUT2D eigenvalue weighted by Crippen LogP contribution is 2.30. The molecule has 0 atom stereocenters. The maximum atomic E-state index is 12.6. The highest BCUT2D eigenvalue weighted by Gasteiger charge is 2.25. The maximum Gasteiger partial charge on any atom is 0.257 e. The van der Waals surface area contributed by atoms with Crippen LogP contribution >= 0.6 is 11.6 Å². The number of amides is 1. The number of hydrogen-bond acceptors (Lipinski definition) is 4. The molecule has 0 aliphatic carbocycles. The molecule has 1 amide bonds. The van der Waals surface area contributed by atoms with Gasteiger partial charge < -0.3 is 20.7 Å². The van der Waals surface area contributed by atoms with Crippen LogP contribution in [0.5, 0.6) is 5.75 Å². The van der Waals surface area contributed by atoms with E-state index >= 15 is 0 Å². The molecule has 0 unspecified atom stereocenters. The van der Waals surface area contributed by atoms with Gasteiger partial charge in [0.1, 0.15) is 5.75 Å². The zero-order chi connectivity index (χ0) is 15.4. The summed E-state index contributed by atoms with van der Waals surface area (Å²) in [7, 11) is 3.48. The highest BCUT2D eigenvalue weighted by molar-refractivity contribution is 6.33. The van der Waals surface area contributed by atoms with Gasteiger partial charge in [-0.25, -0.2) is 0 Å². The van der Waals surface area contributed by atoms with Crippen molar-refractivity contribution >= 4 is 23.2 Å². The standard InChI is InChI=1S/C15H22ClN3O2/c1-18-9-10-3-5-19(6-4-10)15(20)11-7-12(16)13(17)8-14(11)21-2/h7-8,10,18H,3-6,9,17H2,1-2H3. The predicted molar refractivity (Wildman–Crippen MR) is 85.0 cm³/mol. The van der Waals surface area contributed by atoms with Gasteiger partial charge in [0.05, 0.1) is 23.4 Å². The summed E-state index contributed by atoms with van der Waals surface area (Å²) in [6.07, 6.45) is 2.02. The Kier molecular flexibility index (Phi) is 5.31. The summed E-state index contributed by atoms with van der Waals surface area (Å²) in [6, 6.07) is 3.20. The molecule has 1 aliphatic heterocycles. The van der Waals surface area contributed by atoms with Crippen molar-refractivity contribution in [2.75, 3.05) is 39.5 Å². The summed E-state index contributed by atoms with van der Waals surface area (Å²) >= 11 is 6.03. The van der Waals surface area contributed by atoms with E-state index in [0.29, 0.717) is 27.9 Å². The Labute approximate surface area is 130 Å². The molecule has 0 spiro atoms. The number of hydrogen-bond donors (Lipinski definition) is 2. The number of nitrogens with two attached hydrogens (primary N) is 1. The van der Waals surface area contributed by atoms with Gasteiger partial charge in [-0.15, -0.1) is 0 Å². The van der Waals surface area contributed by atoms with E-state index < -0.39 is 0 Å². The van der Waals surface area contributed by atoms with E-state index in [1.54, 1.807) is 12.1 Å². The summed E-state index contributed by atoms with van der Waals surface area (Å²) < 4.78 is 5.26. The van der Waals surface area contributed by atoms with Crippen LogP contribution in [0, 0.1) is 5.92 Å². The zero-order valence-corrected chi connectivity index (χ0v) is 13.2. The van der Waals surface area contributed by atoms with E-state index in [2.05, 4.69) is 5.32 Å². The summed E-state index contributed by atoms with van der Waals surface area (Å²) in [5, 5.41) is 3.57. The lowest BCUT2D eigenvalue weighted by atomic mass is 9.96. The van der Waals surface area contributed by atoms with E-state index in [0.717, 1.165) is 32.5 Å². The lowest BCUT2D eigenvalue weighted by Crippen LogP contribution is -2.40. The molecule has 2 rings (SSSR count). The van der Waals surface area contributed by atoms with E-state index in [1.165, 1.54) is 7.11 Å². The van der Waals surface area contributed by atoms with Crippen molar-refractivity contribution in [1.82, 2.24) is 10.2 Å². The second kappa shape index (κ2) is 7.00. The Hall–Kier alpha value is -1.46. The van der Waals surface area contributed by atoms with Gasteiger partial charge in [0, 0.05) is 19.2 Å². The third kappa shape index (κ3) is 3.60. The van der Waals surface area contributed by atoms with Gasteiger partial charge in [0.25, 0.3) is 5.91 Å². The molecular formula is C15H22ClN3O2. The molecule has 6 heteroatoms. The topological polar surface area (TPSA) is 67.6 Å². The van der Waals surface area contributed by atoms with Crippen LogP contribution in [0.3, 0.4) is 0 Å². The molecule has 1 saturated heterocycles. The second-order valence-electron chi connectivity index (χ2n) is 5.37. The lowest BCUT2D eigenvalue weighted by molar-refractivity contribution is 0.0687. The molecule has 1 fully saturated rings. The van der Waals surface area contributed by atoms with Crippen molar-refractivity contribution in [3.63, 3.8) is 0 Å². The van der Waals surface area contributed by atoms with Crippen molar-refractivity contribution in [2.45, 2.75) is 12.8 Å². The van der Waals surface area contributed by atoms with Crippen molar-refractivity contribution < 1.29 is 9.53 Å². The molecule has 1 heterocycles. The summed E-state index contributed by atoms with van der Waals surface area (Å²) in [6.45, 7) is 2.52. The predicted octanol–water partition coefficient (Wildman–Crippen LogP) is 2.00. The van der Waals surface area contributed by atoms with Crippen LogP contribution in [0.2, 0.25) is 5.02 Å². The number of benzene rings is 1. The molecule has 0 bridgehead atoms. The fourth-order valence-corrected chi connectivity index (χ4v) is 2.87. The van der Waals surface area contributed by atoms with Gasteiger partial charge in [-0.05, 0) is 38.4 Å². The van der Waals surface area contributed by atoms with Crippen molar-refractivity contribution in [2.24, 2.45) is 5.92 Å². The van der Waals surface area contributed by atoms with Crippen LogP contribution in [0.25, 0.3) is 0 Å². The van der Waals surface area contributed by atoms with Gasteiger partial charge in [-0.2, -0.15) is 0 Å². The molecule has 1 aromatic rings. The Morgan fingerprint density at radius 1 is 1.48 bits per heavy atom. The van der Waals surface area contributed by atoms with E-state index in [9.17, 15) is 4.79 Å². The van der Waals surface area contributed by atoms with E-state index in [1.807, 2.05) is 11.9 Å². The number of anilines is 1. The third-order valence-corrected chi connectivity index (χ3v) is 4.27. The first-order valence-electron chi connectivity index (χ1n) is 7.13. The van der Waals surface area contributed by atoms with Crippen molar-refractivity contribution in [1.29, 1.82) is 0 Å². The number of nitrogens with one attached hydrogen (secondary N) is 1. The summed E-state index contributed by atoms with van der Waals surface area (Å²) in [5.74, 6) is 1.06. The number of carbonyl (C=O) groups is 1. The van der Waals surface area contributed by atoms with Gasteiger partial charge in [0.2, 0.25) is 0 Å². The average molecular weight is 312 g/mol. The number of piperidine rings is 1. The molecule has 1 aromatic carbocycles. The van der Waals surface area contributed by atoms with Gasteiger partial charge in [-0.3, -0.25) is 4.79 Å². The molecule has 0 radical (unpaired) electrons. The first-order valence-corrected chi connectivity index (χ1v) is 7.51. The molecule has 5 nitrogen and oxygen atoms in total. The molecule has 0 aromatic heterocycles. The number of likely N-dealkylation sites (tertiary alicyclic amines) is 1. The highest BCUT2D eigenvalue weighted by atomic mass is 35.5. The number of ether oxygens (including phenoxy) is 1. The second-order valence-corrected chi connectivity index (χ2v) is 5.77. The lowest BCUT2D eigenvalue weighted by Gasteiger charge is -2.32. The van der Waals surface area contributed by atoms with Gasteiger partial charge in [0.15, 0.2) is 0 Å². The molecular weight excluding hydrogens is 290 g/mol. The Morgan fingerprint density at radius 3 is 2.71 bits per heavy atom. The Morgan fingerprint density at radius 2 is 2.14 bits per heavy atom. The minimum atomic E-state index is -0.0448. The molecule has 0 saturated carbocycles. The summed E-state index contributed by atoms with van der Waals surface area (Å²) in [4.78, 5) is 14.5. The molecule has 116 valence electrons. The Bertz CT molecular complexity index is 514. The van der Waals surface area contributed by atoms with Gasteiger partial charge >= 0.3 is 0 Å². The first-order chi connectivity index (χ1) is 10.1. The van der Waals surface area contributed by atoms with E-state index in [-0.39, 0.29) is 5.91 Å². The van der Waals surface area contributed by atoms with Gasteiger partial charge in [-0.1, -0.05) is 11.6 Å². The van der Waals surface area contributed by atoms with Crippen LogP contribution < -0.4 is 15.8 Å². The number of methoxy groups -OCH3 is 1.